The monoisotopic (exact) mass is 444 g/mol. The van der Waals surface area contributed by atoms with Gasteiger partial charge in [0.25, 0.3) is 0 Å². The molecule has 0 saturated heterocycles. The number of ether oxygens (including phenoxy) is 3. The first-order valence-electron chi connectivity index (χ1n) is 9.64. The predicted molar refractivity (Wildman–Crippen MR) is 117 cm³/mol. The summed E-state index contributed by atoms with van der Waals surface area (Å²) >= 11 is 0. The van der Waals surface area contributed by atoms with Gasteiger partial charge in [-0.05, 0) is 29.1 Å². The summed E-state index contributed by atoms with van der Waals surface area (Å²) in [6.45, 7) is -0.365. The van der Waals surface area contributed by atoms with E-state index in [2.05, 4.69) is 4.74 Å². The van der Waals surface area contributed by atoms with E-state index in [4.69, 9.17) is 9.47 Å². The maximum atomic E-state index is 12.7. The Balaban J connectivity index is 1.70. The molecule has 0 aliphatic heterocycles. The molecule has 31 heavy (non-hydrogen) atoms. The van der Waals surface area contributed by atoms with E-state index in [0.717, 1.165) is 0 Å². The van der Waals surface area contributed by atoms with Crippen LogP contribution in [0.4, 0.5) is 0 Å². The summed E-state index contributed by atoms with van der Waals surface area (Å²) in [4.78, 5) is 11.4. The van der Waals surface area contributed by atoms with Crippen molar-refractivity contribution in [2.45, 2.75) is 11.9 Å². The standard InChI is InChI=1S/C23H24O7S/c1-28-23(25)14-30-22-12-6-10-20-17(7-5-11-21(20)22)15-31(26,27)16-18(24)13-29-19-8-3-2-4-9-19/h2-12,18,24H,13-16H2,1H3. The van der Waals surface area contributed by atoms with Crippen molar-refractivity contribution >= 4 is 26.6 Å². The second-order valence-electron chi connectivity index (χ2n) is 6.97. The highest BCUT2D eigenvalue weighted by Crippen LogP contribution is 2.29. The molecule has 0 saturated carbocycles. The number of benzene rings is 3. The second-order valence-corrected chi connectivity index (χ2v) is 9.07. The van der Waals surface area contributed by atoms with Crippen molar-refractivity contribution in [3.8, 4) is 11.5 Å². The smallest absolute Gasteiger partial charge is 0.343 e. The van der Waals surface area contributed by atoms with Crippen LogP contribution >= 0.6 is 0 Å². The fourth-order valence-corrected chi connectivity index (χ4v) is 4.67. The molecule has 0 bridgehead atoms. The van der Waals surface area contributed by atoms with Crippen LogP contribution in [0, 0.1) is 0 Å². The molecule has 0 heterocycles. The van der Waals surface area contributed by atoms with E-state index in [1.807, 2.05) is 6.07 Å². The Morgan fingerprint density at radius 2 is 1.65 bits per heavy atom. The maximum absolute atomic E-state index is 12.7. The normalized spacial score (nSPS) is 12.3. The van der Waals surface area contributed by atoms with Crippen LogP contribution in [0.2, 0.25) is 0 Å². The van der Waals surface area contributed by atoms with Gasteiger partial charge < -0.3 is 19.3 Å². The highest BCUT2D eigenvalue weighted by atomic mass is 32.2. The molecule has 1 atom stereocenters. The molecule has 1 N–H and O–H groups in total. The summed E-state index contributed by atoms with van der Waals surface area (Å²) in [5, 5.41) is 11.5. The first-order valence-corrected chi connectivity index (χ1v) is 11.5. The third kappa shape index (κ3) is 6.44. The molecular weight excluding hydrogens is 420 g/mol. The molecule has 8 heteroatoms. The SMILES string of the molecule is COC(=O)COc1cccc2c(CS(=O)(=O)CC(O)COc3ccccc3)cccc12. The van der Waals surface area contributed by atoms with Gasteiger partial charge in [-0.1, -0.05) is 48.5 Å². The first-order chi connectivity index (χ1) is 14.9. The van der Waals surface area contributed by atoms with Gasteiger partial charge in [-0.15, -0.1) is 0 Å². The minimum atomic E-state index is -3.62. The largest absolute Gasteiger partial charge is 0.491 e. The Labute approximate surface area is 181 Å². The number of fused-ring (bicyclic) bond motifs is 1. The molecule has 3 rings (SSSR count). The predicted octanol–water partition coefficient (Wildman–Crippen LogP) is 2.75. The summed E-state index contributed by atoms with van der Waals surface area (Å²) in [6.07, 6.45) is -1.15. The van der Waals surface area contributed by atoms with Crippen molar-refractivity contribution in [1.29, 1.82) is 0 Å². The van der Waals surface area contributed by atoms with Crippen LogP contribution in [-0.2, 0) is 25.1 Å². The topological polar surface area (TPSA) is 99.1 Å². The number of methoxy groups -OCH3 is 1. The van der Waals surface area contributed by atoms with Crippen LogP contribution in [-0.4, -0.2) is 51.7 Å². The number of hydrogen-bond donors (Lipinski definition) is 1. The molecule has 0 aliphatic carbocycles. The average molecular weight is 445 g/mol. The van der Waals surface area contributed by atoms with E-state index < -0.39 is 27.7 Å². The van der Waals surface area contributed by atoms with E-state index in [9.17, 15) is 18.3 Å². The Hall–Kier alpha value is -3.10. The van der Waals surface area contributed by atoms with E-state index in [-0.39, 0.29) is 19.0 Å². The molecule has 7 nitrogen and oxygen atoms in total. The van der Waals surface area contributed by atoms with Crippen LogP contribution in [0.1, 0.15) is 5.56 Å². The van der Waals surface area contributed by atoms with Gasteiger partial charge in [-0.2, -0.15) is 0 Å². The van der Waals surface area contributed by atoms with E-state index in [0.29, 0.717) is 27.8 Å². The summed E-state index contributed by atoms with van der Waals surface area (Å²) in [6, 6.07) is 19.4. The minimum Gasteiger partial charge on any atom is -0.491 e. The van der Waals surface area contributed by atoms with Crippen LogP contribution in [0.25, 0.3) is 10.8 Å². The lowest BCUT2D eigenvalue weighted by molar-refractivity contribution is -0.142. The number of carbonyl (C=O) groups is 1. The molecule has 3 aromatic carbocycles. The lowest BCUT2D eigenvalue weighted by Gasteiger charge is -2.14. The van der Waals surface area contributed by atoms with Crippen LogP contribution < -0.4 is 9.47 Å². The highest BCUT2D eigenvalue weighted by Gasteiger charge is 2.20. The van der Waals surface area contributed by atoms with Crippen molar-refractivity contribution in [3.05, 3.63) is 72.3 Å². The molecule has 0 fully saturated rings. The number of sulfone groups is 1. The highest BCUT2D eigenvalue weighted by molar-refractivity contribution is 7.90. The molecule has 1 unspecified atom stereocenters. The van der Waals surface area contributed by atoms with E-state index in [1.54, 1.807) is 60.7 Å². The lowest BCUT2D eigenvalue weighted by Crippen LogP contribution is -2.27. The summed E-state index contributed by atoms with van der Waals surface area (Å²) in [5.74, 6) is -0.157. The Kier molecular flexibility index (Phi) is 7.49. The van der Waals surface area contributed by atoms with Gasteiger partial charge in [-0.3, -0.25) is 0 Å². The van der Waals surface area contributed by atoms with Gasteiger partial charge >= 0.3 is 5.97 Å². The van der Waals surface area contributed by atoms with Gasteiger partial charge in [0.15, 0.2) is 16.4 Å². The summed E-state index contributed by atoms with van der Waals surface area (Å²) < 4.78 is 40.9. The van der Waals surface area contributed by atoms with Crippen molar-refractivity contribution in [2.24, 2.45) is 0 Å². The van der Waals surface area contributed by atoms with Gasteiger partial charge in [0.1, 0.15) is 24.2 Å². The van der Waals surface area contributed by atoms with Crippen molar-refractivity contribution < 1.29 is 32.5 Å². The Morgan fingerprint density at radius 3 is 2.39 bits per heavy atom. The van der Waals surface area contributed by atoms with Gasteiger partial charge in [0.2, 0.25) is 0 Å². The molecule has 0 spiro atoms. The number of para-hydroxylation sites is 1. The number of aliphatic hydroxyl groups is 1. The zero-order valence-electron chi connectivity index (χ0n) is 17.1. The van der Waals surface area contributed by atoms with Gasteiger partial charge in [0, 0.05) is 5.39 Å². The number of aliphatic hydroxyl groups excluding tert-OH is 1. The van der Waals surface area contributed by atoms with Crippen LogP contribution in [0.5, 0.6) is 11.5 Å². The minimum absolute atomic E-state index is 0.121. The van der Waals surface area contributed by atoms with Crippen molar-refractivity contribution in [1.82, 2.24) is 0 Å². The number of rotatable bonds is 10. The van der Waals surface area contributed by atoms with Crippen molar-refractivity contribution in [2.75, 3.05) is 26.1 Å². The molecule has 0 aromatic heterocycles. The van der Waals surface area contributed by atoms with Crippen LogP contribution in [0.3, 0.4) is 0 Å². The summed E-state index contributed by atoms with van der Waals surface area (Å²) in [7, 11) is -2.34. The molecule has 3 aromatic rings. The fourth-order valence-electron chi connectivity index (χ4n) is 3.14. The Bertz CT molecular complexity index is 1130. The number of carbonyl (C=O) groups excluding carboxylic acids is 1. The third-order valence-electron chi connectivity index (χ3n) is 4.55. The first kappa shape index (κ1) is 22.6. The molecule has 164 valence electrons. The quantitative estimate of drug-likeness (QED) is 0.480. The Morgan fingerprint density at radius 1 is 0.935 bits per heavy atom. The summed E-state index contributed by atoms with van der Waals surface area (Å²) in [5.41, 5.74) is 0.581. The molecule has 0 radical (unpaired) electrons. The fraction of sp³-hybridized carbons (Fsp3) is 0.261. The van der Waals surface area contributed by atoms with Crippen LogP contribution in [0.15, 0.2) is 66.7 Å². The lowest BCUT2D eigenvalue weighted by atomic mass is 10.0. The molecular formula is C23H24O7S. The number of hydrogen-bond acceptors (Lipinski definition) is 7. The molecule has 0 amide bonds. The van der Waals surface area contributed by atoms with Gasteiger partial charge in [0.05, 0.1) is 18.6 Å². The van der Waals surface area contributed by atoms with Gasteiger partial charge in [-0.25, -0.2) is 13.2 Å². The second kappa shape index (κ2) is 10.3. The number of esters is 1. The average Bonchev–Trinajstić information content (AvgIpc) is 2.76. The third-order valence-corrected chi connectivity index (χ3v) is 6.20. The zero-order chi connectivity index (χ0) is 22.3. The maximum Gasteiger partial charge on any atom is 0.343 e. The van der Waals surface area contributed by atoms with E-state index >= 15 is 0 Å². The molecule has 0 aliphatic rings. The van der Waals surface area contributed by atoms with Crippen molar-refractivity contribution in [3.63, 3.8) is 0 Å². The van der Waals surface area contributed by atoms with E-state index in [1.165, 1.54) is 7.11 Å². The zero-order valence-corrected chi connectivity index (χ0v) is 17.9.